The number of benzene rings is 2. The molecule has 0 unspecified atom stereocenters. The van der Waals surface area contributed by atoms with Crippen LogP contribution < -0.4 is 20.4 Å². The van der Waals surface area contributed by atoms with E-state index in [4.69, 9.17) is 9.47 Å². The molecule has 160 valence electrons. The van der Waals surface area contributed by atoms with Crippen LogP contribution in [0.25, 0.3) is 0 Å². The van der Waals surface area contributed by atoms with E-state index in [1.807, 2.05) is 29.2 Å². The molecule has 0 spiro atoms. The SMILES string of the molecule is COc1ccc(Nc2nc(N/N=C/c3cccc(F)c3)nc(N3CCOCC3)n2)cc1. The minimum atomic E-state index is -0.329. The number of ether oxygens (including phenoxy) is 2. The Labute approximate surface area is 179 Å². The summed E-state index contributed by atoms with van der Waals surface area (Å²) < 4.78 is 23.9. The zero-order valence-corrected chi connectivity index (χ0v) is 17.0. The van der Waals surface area contributed by atoms with Gasteiger partial charge in [-0.15, -0.1) is 0 Å². The van der Waals surface area contributed by atoms with E-state index in [0.717, 1.165) is 11.4 Å². The first kappa shape index (κ1) is 20.5. The van der Waals surface area contributed by atoms with Crippen molar-refractivity contribution in [3.8, 4) is 5.75 Å². The fourth-order valence-corrected chi connectivity index (χ4v) is 2.93. The molecular weight excluding hydrogens is 401 g/mol. The quantitative estimate of drug-likeness (QED) is 0.442. The Morgan fingerprint density at radius 1 is 1.06 bits per heavy atom. The number of aromatic nitrogens is 3. The molecule has 1 fully saturated rings. The summed E-state index contributed by atoms with van der Waals surface area (Å²) in [6.07, 6.45) is 1.50. The summed E-state index contributed by atoms with van der Waals surface area (Å²) in [5, 5.41) is 7.30. The fourth-order valence-electron chi connectivity index (χ4n) is 2.93. The second-order valence-electron chi connectivity index (χ2n) is 6.66. The zero-order valence-electron chi connectivity index (χ0n) is 17.0. The summed E-state index contributed by atoms with van der Waals surface area (Å²) in [6, 6.07) is 13.5. The van der Waals surface area contributed by atoms with Gasteiger partial charge in [0.2, 0.25) is 17.8 Å². The first-order chi connectivity index (χ1) is 15.2. The van der Waals surface area contributed by atoms with Gasteiger partial charge in [-0.3, -0.25) is 0 Å². The number of hydrogen-bond donors (Lipinski definition) is 2. The third kappa shape index (κ3) is 5.64. The van der Waals surface area contributed by atoms with Gasteiger partial charge >= 0.3 is 0 Å². The van der Waals surface area contributed by atoms with Crippen molar-refractivity contribution in [1.29, 1.82) is 0 Å². The van der Waals surface area contributed by atoms with Crippen LogP contribution in [0, 0.1) is 5.82 Å². The first-order valence-corrected chi connectivity index (χ1v) is 9.74. The average molecular weight is 423 g/mol. The molecule has 10 heteroatoms. The molecule has 3 aromatic rings. The van der Waals surface area contributed by atoms with Crippen LogP contribution in [0.15, 0.2) is 53.6 Å². The summed E-state index contributed by atoms with van der Waals surface area (Å²) in [6.45, 7) is 2.57. The van der Waals surface area contributed by atoms with Crippen LogP contribution in [-0.2, 0) is 4.74 Å². The van der Waals surface area contributed by atoms with Crippen LogP contribution in [0.1, 0.15) is 5.56 Å². The molecule has 0 aliphatic carbocycles. The number of morpholine rings is 1. The van der Waals surface area contributed by atoms with E-state index >= 15 is 0 Å². The van der Waals surface area contributed by atoms with Gasteiger partial charge in [0.15, 0.2) is 0 Å². The number of methoxy groups -OCH3 is 1. The number of hydrogen-bond acceptors (Lipinski definition) is 9. The molecule has 0 amide bonds. The van der Waals surface area contributed by atoms with E-state index in [-0.39, 0.29) is 11.8 Å². The molecule has 1 aromatic heterocycles. The number of anilines is 4. The Hall–Kier alpha value is -3.79. The van der Waals surface area contributed by atoms with Gasteiger partial charge in [-0.05, 0) is 42.0 Å². The molecule has 2 aromatic carbocycles. The predicted octanol–water partition coefficient (Wildman–Crippen LogP) is 3.05. The minimum absolute atomic E-state index is 0.264. The lowest BCUT2D eigenvalue weighted by Crippen LogP contribution is -2.37. The highest BCUT2D eigenvalue weighted by Crippen LogP contribution is 2.21. The van der Waals surface area contributed by atoms with Crippen molar-refractivity contribution in [3.05, 3.63) is 59.9 Å². The standard InChI is InChI=1S/C21H22FN7O2/c1-30-18-7-5-17(6-8-18)24-19-25-20(27-21(26-19)29-9-11-31-12-10-29)28-23-14-15-3-2-4-16(22)13-15/h2-8,13-14H,9-12H2,1H3,(H2,24,25,26,27,28)/b23-14+. The van der Waals surface area contributed by atoms with E-state index in [2.05, 4.69) is 30.8 Å². The minimum Gasteiger partial charge on any atom is -0.497 e. The smallest absolute Gasteiger partial charge is 0.250 e. The number of rotatable bonds is 7. The van der Waals surface area contributed by atoms with Crippen LogP contribution in [0.4, 0.5) is 27.9 Å². The molecular formula is C21H22FN7O2. The van der Waals surface area contributed by atoms with Crippen molar-refractivity contribution >= 4 is 29.7 Å². The largest absolute Gasteiger partial charge is 0.497 e. The Bertz CT molecular complexity index is 1040. The monoisotopic (exact) mass is 423 g/mol. The Morgan fingerprint density at radius 2 is 1.84 bits per heavy atom. The molecule has 0 bridgehead atoms. The summed E-state index contributed by atoms with van der Waals surface area (Å²) in [7, 11) is 1.62. The summed E-state index contributed by atoms with van der Waals surface area (Å²) in [5.41, 5.74) is 4.22. The maximum Gasteiger partial charge on any atom is 0.250 e. The van der Waals surface area contributed by atoms with Crippen molar-refractivity contribution in [2.45, 2.75) is 0 Å². The number of halogens is 1. The van der Waals surface area contributed by atoms with Gasteiger partial charge in [-0.2, -0.15) is 20.1 Å². The fraction of sp³-hybridized carbons (Fsp3) is 0.238. The highest BCUT2D eigenvalue weighted by atomic mass is 19.1. The average Bonchev–Trinajstić information content (AvgIpc) is 2.80. The van der Waals surface area contributed by atoms with Gasteiger partial charge in [-0.25, -0.2) is 9.82 Å². The van der Waals surface area contributed by atoms with Crippen LogP contribution in [0.3, 0.4) is 0 Å². The molecule has 0 atom stereocenters. The third-order valence-electron chi connectivity index (χ3n) is 4.49. The van der Waals surface area contributed by atoms with E-state index < -0.39 is 0 Å². The van der Waals surface area contributed by atoms with Crippen molar-refractivity contribution < 1.29 is 13.9 Å². The molecule has 9 nitrogen and oxygen atoms in total. The maximum absolute atomic E-state index is 13.3. The number of nitrogens with zero attached hydrogens (tertiary/aromatic N) is 5. The lowest BCUT2D eigenvalue weighted by atomic mass is 10.2. The Balaban J connectivity index is 1.56. The molecule has 1 aliphatic heterocycles. The van der Waals surface area contributed by atoms with E-state index in [1.54, 1.807) is 19.2 Å². The topological polar surface area (TPSA) is 96.8 Å². The molecule has 0 saturated carbocycles. The molecule has 4 rings (SSSR count). The zero-order chi connectivity index (χ0) is 21.5. The van der Waals surface area contributed by atoms with Gasteiger partial charge in [0.05, 0.1) is 26.5 Å². The van der Waals surface area contributed by atoms with Crippen LogP contribution >= 0.6 is 0 Å². The van der Waals surface area contributed by atoms with Crippen molar-refractivity contribution in [2.75, 3.05) is 49.1 Å². The third-order valence-corrected chi connectivity index (χ3v) is 4.49. The van der Waals surface area contributed by atoms with Crippen LogP contribution in [-0.4, -0.2) is 54.6 Å². The number of nitrogens with one attached hydrogen (secondary N) is 2. The van der Waals surface area contributed by atoms with E-state index in [9.17, 15) is 4.39 Å². The molecule has 2 heterocycles. The first-order valence-electron chi connectivity index (χ1n) is 9.74. The van der Waals surface area contributed by atoms with Crippen molar-refractivity contribution in [1.82, 2.24) is 15.0 Å². The van der Waals surface area contributed by atoms with Gasteiger partial charge in [0.25, 0.3) is 0 Å². The summed E-state index contributed by atoms with van der Waals surface area (Å²) >= 11 is 0. The second-order valence-corrected chi connectivity index (χ2v) is 6.66. The Kier molecular flexibility index (Phi) is 6.48. The molecule has 0 radical (unpaired) electrons. The normalized spacial score (nSPS) is 13.9. The van der Waals surface area contributed by atoms with E-state index in [0.29, 0.717) is 43.8 Å². The predicted molar refractivity (Wildman–Crippen MR) is 117 cm³/mol. The Morgan fingerprint density at radius 3 is 2.58 bits per heavy atom. The van der Waals surface area contributed by atoms with Gasteiger partial charge in [0.1, 0.15) is 11.6 Å². The molecule has 1 aliphatic rings. The second kappa shape index (κ2) is 9.81. The van der Waals surface area contributed by atoms with Gasteiger partial charge in [0, 0.05) is 18.8 Å². The highest BCUT2D eigenvalue weighted by Gasteiger charge is 2.16. The summed E-state index contributed by atoms with van der Waals surface area (Å²) in [4.78, 5) is 15.4. The van der Waals surface area contributed by atoms with Crippen LogP contribution in [0.2, 0.25) is 0 Å². The summed E-state index contributed by atoms with van der Waals surface area (Å²) in [5.74, 6) is 1.57. The van der Waals surface area contributed by atoms with Gasteiger partial charge in [-0.1, -0.05) is 12.1 Å². The van der Waals surface area contributed by atoms with Crippen LogP contribution in [0.5, 0.6) is 5.75 Å². The number of hydrazone groups is 1. The lowest BCUT2D eigenvalue weighted by Gasteiger charge is -2.27. The molecule has 1 saturated heterocycles. The van der Waals surface area contributed by atoms with Gasteiger partial charge < -0.3 is 19.7 Å². The lowest BCUT2D eigenvalue weighted by molar-refractivity contribution is 0.122. The molecule has 31 heavy (non-hydrogen) atoms. The van der Waals surface area contributed by atoms with Crippen molar-refractivity contribution in [3.63, 3.8) is 0 Å². The highest BCUT2D eigenvalue weighted by molar-refractivity contribution is 5.79. The maximum atomic E-state index is 13.3. The van der Waals surface area contributed by atoms with E-state index in [1.165, 1.54) is 18.3 Å². The van der Waals surface area contributed by atoms with Crippen molar-refractivity contribution in [2.24, 2.45) is 5.10 Å². The molecule has 2 N–H and O–H groups in total.